The van der Waals surface area contributed by atoms with Gasteiger partial charge in [-0.15, -0.1) is 0 Å². The second-order valence-corrected chi connectivity index (χ2v) is 5.77. The molecule has 0 spiro atoms. The number of unbranched alkanes of at least 4 members (excludes halogenated alkanes) is 6. The summed E-state index contributed by atoms with van der Waals surface area (Å²) in [6, 6.07) is 7.93. The summed E-state index contributed by atoms with van der Waals surface area (Å²) in [5.41, 5.74) is 1.65. The fourth-order valence-electron chi connectivity index (χ4n) is 2.07. The molecule has 0 bridgehead atoms. The molecule has 0 aliphatic rings. The number of nitrogens with zero attached hydrogens (tertiary/aromatic N) is 1. The van der Waals surface area contributed by atoms with Crippen molar-refractivity contribution in [3.63, 3.8) is 0 Å². The second kappa shape index (κ2) is 9.86. The lowest BCUT2D eigenvalue weighted by atomic mass is 10.1. The Morgan fingerprint density at radius 3 is 2.47 bits per heavy atom. The normalized spacial score (nSPS) is 10.2. The summed E-state index contributed by atoms with van der Waals surface area (Å²) in [6.45, 7) is 3.19. The molecule has 0 amide bonds. The molecule has 0 heterocycles. The predicted octanol–water partition coefficient (Wildman–Crippen LogP) is 5.48. The third-order valence-electron chi connectivity index (χ3n) is 3.20. The molecule has 0 radical (unpaired) electrons. The summed E-state index contributed by atoms with van der Waals surface area (Å²) in [6.07, 6.45) is 9.16. The fraction of sp³-hybridized carbons (Fsp3) is 0.562. The average Bonchev–Trinajstić information content (AvgIpc) is 2.42. The number of benzene rings is 1. The van der Waals surface area contributed by atoms with Crippen LogP contribution in [-0.2, 0) is 0 Å². The van der Waals surface area contributed by atoms with Crippen molar-refractivity contribution in [3.05, 3.63) is 28.2 Å². The zero-order valence-corrected chi connectivity index (χ0v) is 13.3. The van der Waals surface area contributed by atoms with Crippen molar-refractivity contribution in [1.29, 1.82) is 5.26 Å². The topological polar surface area (TPSA) is 35.8 Å². The predicted molar refractivity (Wildman–Crippen MR) is 85.3 cm³/mol. The van der Waals surface area contributed by atoms with Crippen molar-refractivity contribution in [3.8, 4) is 6.07 Å². The van der Waals surface area contributed by atoms with Gasteiger partial charge in [0.05, 0.1) is 11.3 Å². The monoisotopic (exact) mass is 322 g/mol. The van der Waals surface area contributed by atoms with Crippen LogP contribution in [-0.4, -0.2) is 6.54 Å². The second-order valence-electron chi connectivity index (χ2n) is 4.85. The zero-order valence-electron chi connectivity index (χ0n) is 11.7. The minimum absolute atomic E-state index is 0.714. The molecular weight excluding hydrogens is 300 g/mol. The highest BCUT2D eigenvalue weighted by molar-refractivity contribution is 9.10. The first-order chi connectivity index (χ1) is 9.27. The lowest BCUT2D eigenvalue weighted by molar-refractivity contribution is 0.596. The molecule has 1 N–H and O–H groups in total. The first-order valence-corrected chi connectivity index (χ1v) is 8.00. The van der Waals surface area contributed by atoms with Gasteiger partial charge in [0.15, 0.2) is 0 Å². The summed E-state index contributed by atoms with van der Waals surface area (Å²) in [5, 5.41) is 12.4. The van der Waals surface area contributed by atoms with Crippen LogP contribution in [0.5, 0.6) is 0 Å². The first kappa shape index (κ1) is 16.0. The largest absolute Gasteiger partial charge is 0.384 e. The molecule has 0 atom stereocenters. The lowest BCUT2D eigenvalue weighted by Gasteiger charge is -2.08. The van der Waals surface area contributed by atoms with Crippen LogP contribution in [0.3, 0.4) is 0 Å². The highest BCUT2D eigenvalue weighted by Gasteiger charge is 2.01. The van der Waals surface area contributed by atoms with E-state index in [1.165, 1.54) is 44.9 Å². The minimum atomic E-state index is 0.714. The quantitative estimate of drug-likeness (QED) is 0.611. The lowest BCUT2D eigenvalue weighted by Crippen LogP contribution is -2.03. The van der Waals surface area contributed by atoms with Gasteiger partial charge in [-0.2, -0.15) is 5.26 Å². The Morgan fingerprint density at radius 2 is 1.79 bits per heavy atom. The van der Waals surface area contributed by atoms with Crippen LogP contribution in [0.25, 0.3) is 0 Å². The van der Waals surface area contributed by atoms with Crippen LogP contribution >= 0.6 is 15.9 Å². The Balaban J connectivity index is 2.19. The molecule has 1 rings (SSSR count). The molecule has 1 aromatic rings. The molecule has 0 unspecified atom stereocenters. The SMILES string of the molecule is CCCCCCCCCNc1cc(Br)ccc1C#N. The molecule has 0 saturated heterocycles. The van der Waals surface area contributed by atoms with E-state index in [-0.39, 0.29) is 0 Å². The van der Waals surface area contributed by atoms with Crippen molar-refractivity contribution in [2.24, 2.45) is 0 Å². The van der Waals surface area contributed by atoms with Gasteiger partial charge in [0.2, 0.25) is 0 Å². The van der Waals surface area contributed by atoms with Gasteiger partial charge >= 0.3 is 0 Å². The van der Waals surface area contributed by atoms with Gasteiger partial charge in [0.1, 0.15) is 6.07 Å². The van der Waals surface area contributed by atoms with Crippen LogP contribution in [0.1, 0.15) is 57.4 Å². The number of nitriles is 1. The molecule has 19 heavy (non-hydrogen) atoms. The zero-order chi connectivity index (χ0) is 13.9. The average molecular weight is 323 g/mol. The molecule has 0 aromatic heterocycles. The van der Waals surface area contributed by atoms with E-state index in [0.29, 0.717) is 5.56 Å². The maximum Gasteiger partial charge on any atom is 0.101 e. The van der Waals surface area contributed by atoms with E-state index in [9.17, 15) is 0 Å². The summed E-state index contributed by atoms with van der Waals surface area (Å²) < 4.78 is 1.01. The number of anilines is 1. The van der Waals surface area contributed by atoms with E-state index >= 15 is 0 Å². The van der Waals surface area contributed by atoms with Crippen molar-refractivity contribution in [2.45, 2.75) is 51.9 Å². The van der Waals surface area contributed by atoms with Gasteiger partial charge in [-0.05, 0) is 24.6 Å². The van der Waals surface area contributed by atoms with Gasteiger partial charge in [0, 0.05) is 11.0 Å². The maximum absolute atomic E-state index is 9.03. The molecule has 104 valence electrons. The summed E-state index contributed by atoms with van der Waals surface area (Å²) in [7, 11) is 0. The van der Waals surface area contributed by atoms with Crippen LogP contribution in [0.2, 0.25) is 0 Å². The summed E-state index contributed by atoms with van der Waals surface area (Å²) in [5.74, 6) is 0. The third kappa shape index (κ3) is 6.63. The molecule has 0 fully saturated rings. The molecule has 0 saturated carbocycles. The first-order valence-electron chi connectivity index (χ1n) is 7.21. The van der Waals surface area contributed by atoms with E-state index < -0.39 is 0 Å². The summed E-state index contributed by atoms with van der Waals surface area (Å²) >= 11 is 3.43. The van der Waals surface area contributed by atoms with Crippen molar-refractivity contribution in [2.75, 3.05) is 11.9 Å². The Labute approximate surface area is 125 Å². The number of nitrogens with one attached hydrogen (secondary N) is 1. The van der Waals surface area contributed by atoms with Crippen LogP contribution in [0.4, 0.5) is 5.69 Å². The van der Waals surface area contributed by atoms with Gasteiger partial charge in [0.25, 0.3) is 0 Å². The van der Waals surface area contributed by atoms with Crippen molar-refractivity contribution < 1.29 is 0 Å². The maximum atomic E-state index is 9.03. The number of hydrogen-bond donors (Lipinski definition) is 1. The highest BCUT2D eigenvalue weighted by Crippen LogP contribution is 2.20. The number of hydrogen-bond acceptors (Lipinski definition) is 2. The third-order valence-corrected chi connectivity index (χ3v) is 3.69. The molecular formula is C16H23BrN2. The molecule has 2 nitrogen and oxygen atoms in total. The van der Waals surface area contributed by atoms with E-state index in [1.807, 2.05) is 18.2 Å². The van der Waals surface area contributed by atoms with E-state index in [2.05, 4.69) is 34.2 Å². The van der Waals surface area contributed by atoms with Crippen LogP contribution in [0.15, 0.2) is 22.7 Å². The number of rotatable bonds is 9. The van der Waals surface area contributed by atoms with Gasteiger partial charge < -0.3 is 5.32 Å². The highest BCUT2D eigenvalue weighted by atomic mass is 79.9. The Hall–Kier alpha value is -1.01. The Kier molecular flexibility index (Phi) is 8.33. The summed E-state index contributed by atoms with van der Waals surface area (Å²) in [4.78, 5) is 0. The standard InChI is InChI=1S/C16H23BrN2/c1-2-3-4-5-6-7-8-11-19-16-12-15(17)10-9-14(16)13-18/h9-10,12,19H,2-8,11H2,1H3. The van der Waals surface area contributed by atoms with Gasteiger partial charge in [-0.25, -0.2) is 0 Å². The Bertz CT molecular complexity index is 410. The smallest absolute Gasteiger partial charge is 0.101 e. The molecule has 3 heteroatoms. The van der Waals surface area contributed by atoms with E-state index in [1.54, 1.807) is 0 Å². The molecule has 1 aromatic carbocycles. The van der Waals surface area contributed by atoms with Crippen molar-refractivity contribution >= 4 is 21.6 Å². The van der Waals surface area contributed by atoms with Gasteiger partial charge in [-0.3, -0.25) is 0 Å². The molecule has 0 aliphatic heterocycles. The van der Waals surface area contributed by atoms with Crippen molar-refractivity contribution in [1.82, 2.24) is 0 Å². The van der Waals surface area contributed by atoms with Crippen LogP contribution in [0, 0.1) is 11.3 Å². The molecule has 0 aliphatic carbocycles. The van der Waals surface area contributed by atoms with E-state index in [0.717, 1.165) is 16.7 Å². The fourth-order valence-corrected chi connectivity index (χ4v) is 2.43. The number of halogens is 1. The van der Waals surface area contributed by atoms with E-state index in [4.69, 9.17) is 5.26 Å². The van der Waals surface area contributed by atoms with Crippen LogP contribution < -0.4 is 5.32 Å². The van der Waals surface area contributed by atoms with Gasteiger partial charge in [-0.1, -0.05) is 61.4 Å². The minimum Gasteiger partial charge on any atom is -0.384 e. The Morgan fingerprint density at radius 1 is 1.11 bits per heavy atom.